The van der Waals surface area contributed by atoms with Gasteiger partial charge in [-0.3, -0.25) is 14.5 Å². The van der Waals surface area contributed by atoms with Gasteiger partial charge in [-0.15, -0.1) is 10.2 Å². The Morgan fingerprint density at radius 1 is 0.959 bits per heavy atom. The highest BCUT2D eigenvalue weighted by Crippen LogP contribution is 2.46. The van der Waals surface area contributed by atoms with Gasteiger partial charge in [-0.2, -0.15) is 0 Å². The summed E-state index contributed by atoms with van der Waals surface area (Å²) in [5.41, 5.74) is 3.56. The van der Waals surface area contributed by atoms with Crippen LogP contribution in [0.15, 0.2) is 94.8 Å². The van der Waals surface area contributed by atoms with E-state index < -0.39 is 17.7 Å². The summed E-state index contributed by atoms with van der Waals surface area (Å²) in [5.74, 6) is -1.08. The number of aliphatic hydroxyl groups excluding tert-OH is 1. The normalized spacial score (nSPS) is 15.5. The van der Waals surface area contributed by atoms with Crippen molar-refractivity contribution in [2.24, 2.45) is 0 Å². The number of anilines is 1. The van der Waals surface area contributed by atoms with E-state index in [1.807, 2.05) is 37.3 Å². The number of phenolic OH excluding ortho intramolecular Hbond substituents is 1. The minimum Gasteiger partial charge on any atom is -0.507 e. The summed E-state index contributed by atoms with van der Waals surface area (Å²) >= 11 is 14.8. The van der Waals surface area contributed by atoms with Gasteiger partial charge < -0.3 is 19.7 Å². The zero-order valence-electron chi connectivity index (χ0n) is 26.2. The van der Waals surface area contributed by atoms with Crippen LogP contribution in [0.1, 0.15) is 40.8 Å². The van der Waals surface area contributed by atoms with Crippen molar-refractivity contribution in [1.82, 2.24) is 10.2 Å². The predicted molar refractivity (Wildman–Crippen MR) is 192 cm³/mol. The number of carbonyl (C=O) groups excluding carboxylic acids is 2. The summed E-state index contributed by atoms with van der Waals surface area (Å²) in [7, 11) is 0. The van der Waals surface area contributed by atoms with Crippen molar-refractivity contribution < 1.29 is 29.3 Å². The standard InChI is InChI=1S/C36H29Cl2N3O6S2/c1-3-46-29-16-22(11-15-28(29)42)31-30(32(43)21-9-13-26(14-10-21)47-18-23-7-5-4-6-20(23)2)33(44)34(45)41(31)35-39-40-36(49-35)48-19-24-8-12-25(37)17-27(24)38/h4-17,31,42-43H,3,18-19H2,1-2H3. The second-order valence-corrected chi connectivity index (χ2v) is 14.0. The molecule has 1 aromatic heterocycles. The van der Waals surface area contributed by atoms with Gasteiger partial charge >= 0.3 is 5.91 Å². The second-order valence-electron chi connectivity index (χ2n) is 10.9. The second kappa shape index (κ2) is 14.9. The molecule has 9 nitrogen and oxygen atoms in total. The Hall–Kier alpha value is -4.55. The molecule has 2 N–H and O–H groups in total. The Morgan fingerprint density at radius 3 is 2.47 bits per heavy atom. The Labute approximate surface area is 300 Å². The SMILES string of the molecule is CCOc1cc(C2C(=C(O)c3ccc(OCc4ccccc4C)cc3)C(=O)C(=O)N2c2nnc(SCc3ccc(Cl)cc3Cl)s2)ccc1O. The molecule has 1 aliphatic heterocycles. The number of Topliss-reactive ketones (excluding diaryl/α,β-unsaturated/α-hetero) is 1. The van der Waals surface area contributed by atoms with Crippen LogP contribution < -0.4 is 14.4 Å². The third-order valence-corrected chi connectivity index (χ3v) is 10.5. The number of amides is 1. The topological polar surface area (TPSA) is 122 Å². The minimum absolute atomic E-state index is 0.112. The minimum atomic E-state index is -1.10. The number of ketones is 1. The van der Waals surface area contributed by atoms with Gasteiger partial charge in [-0.25, -0.2) is 0 Å². The molecule has 1 atom stereocenters. The van der Waals surface area contributed by atoms with Crippen molar-refractivity contribution in [1.29, 1.82) is 0 Å². The number of aromatic nitrogens is 2. The van der Waals surface area contributed by atoms with Crippen LogP contribution in [0, 0.1) is 6.92 Å². The number of aromatic hydroxyl groups is 1. The first-order chi connectivity index (χ1) is 23.6. The van der Waals surface area contributed by atoms with Crippen LogP contribution in [-0.4, -0.2) is 38.7 Å². The van der Waals surface area contributed by atoms with E-state index in [1.165, 1.54) is 28.8 Å². The lowest BCUT2D eigenvalue weighted by atomic mass is 9.95. The van der Waals surface area contributed by atoms with Gasteiger partial charge in [0.1, 0.15) is 18.1 Å². The zero-order chi connectivity index (χ0) is 34.7. The van der Waals surface area contributed by atoms with Gasteiger partial charge in [-0.05, 0) is 84.6 Å². The van der Waals surface area contributed by atoms with Crippen LogP contribution in [0.25, 0.3) is 5.76 Å². The number of ether oxygens (including phenoxy) is 2. The molecule has 5 aromatic rings. The average Bonchev–Trinajstić information content (AvgIpc) is 3.66. The Kier molecular flexibility index (Phi) is 10.4. The number of nitrogens with zero attached hydrogens (tertiary/aromatic N) is 3. The molecule has 250 valence electrons. The van der Waals surface area contributed by atoms with Crippen LogP contribution in [0.3, 0.4) is 0 Å². The molecule has 0 bridgehead atoms. The molecule has 1 unspecified atom stereocenters. The highest BCUT2D eigenvalue weighted by atomic mass is 35.5. The molecule has 6 rings (SSSR count). The number of carbonyl (C=O) groups is 2. The highest BCUT2D eigenvalue weighted by Gasteiger charge is 2.48. The van der Waals surface area contributed by atoms with Crippen molar-refractivity contribution in [3.63, 3.8) is 0 Å². The van der Waals surface area contributed by atoms with Crippen molar-refractivity contribution >= 4 is 68.9 Å². The maximum Gasteiger partial charge on any atom is 0.301 e. The Bertz CT molecular complexity index is 2070. The van der Waals surface area contributed by atoms with E-state index in [0.717, 1.165) is 28.0 Å². The predicted octanol–water partition coefficient (Wildman–Crippen LogP) is 8.76. The zero-order valence-corrected chi connectivity index (χ0v) is 29.4. The Morgan fingerprint density at radius 2 is 1.73 bits per heavy atom. The Balaban J connectivity index is 1.34. The smallest absolute Gasteiger partial charge is 0.301 e. The van der Waals surface area contributed by atoms with Crippen molar-refractivity contribution in [3.8, 4) is 17.2 Å². The van der Waals surface area contributed by atoms with Gasteiger partial charge in [0.2, 0.25) is 5.13 Å². The summed E-state index contributed by atoms with van der Waals surface area (Å²) in [6.07, 6.45) is 0. The average molecular weight is 735 g/mol. The van der Waals surface area contributed by atoms with Crippen molar-refractivity contribution in [2.45, 2.75) is 36.6 Å². The first-order valence-corrected chi connectivity index (χ1v) is 17.6. The molecule has 2 heterocycles. The fourth-order valence-electron chi connectivity index (χ4n) is 5.25. The van der Waals surface area contributed by atoms with Gasteiger partial charge in [0.05, 0.1) is 18.2 Å². The quantitative estimate of drug-likeness (QED) is 0.0451. The molecule has 0 spiro atoms. The number of benzene rings is 4. The van der Waals surface area contributed by atoms with Gasteiger partial charge in [-0.1, -0.05) is 82.7 Å². The lowest BCUT2D eigenvalue weighted by molar-refractivity contribution is -0.132. The van der Waals surface area contributed by atoms with E-state index in [1.54, 1.807) is 49.4 Å². The molecule has 1 aliphatic rings. The maximum absolute atomic E-state index is 13.7. The lowest BCUT2D eigenvalue weighted by Crippen LogP contribution is -2.29. The number of phenols is 1. The van der Waals surface area contributed by atoms with Crippen LogP contribution in [0.2, 0.25) is 10.0 Å². The third-order valence-electron chi connectivity index (χ3n) is 7.80. The molecular formula is C36H29Cl2N3O6S2. The fraction of sp³-hybridized carbons (Fsp3) is 0.167. The summed E-state index contributed by atoms with van der Waals surface area (Å²) < 4.78 is 12.1. The maximum atomic E-state index is 13.7. The van der Waals surface area contributed by atoms with Crippen LogP contribution in [0.5, 0.6) is 17.2 Å². The van der Waals surface area contributed by atoms with E-state index in [2.05, 4.69) is 10.2 Å². The largest absolute Gasteiger partial charge is 0.507 e. The number of hydrogen-bond acceptors (Lipinski definition) is 10. The van der Waals surface area contributed by atoms with E-state index in [4.69, 9.17) is 32.7 Å². The lowest BCUT2D eigenvalue weighted by Gasteiger charge is -2.23. The van der Waals surface area contributed by atoms with E-state index in [-0.39, 0.29) is 34.6 Å². The molecule has 0 aliphatic carbocycles. The fourth-order valence-corrected chi connectivity index (χ4v) is 7.68. The third kappa shape index (κ3) is 7.40. The summed E-state index contributed by atoms with van der Waals surface area (Å²) in [5, 5.41) is 31.7. The van der Waals surface area contributed by atoms with E-state index in [9.17, 15) is 19.8 Å². The van der Waals surface area contributed by atoms with E-state index in [0.29, 0.717) is 43.6 Å². The highest BCUT2D eigenvalue weighted by molar-refractivity contribution is 8.00. The molecule has 1 fully saturated rings. The molecule has 13 heteroatoms. The van der Waals surface area contributed by atoms with Crippen LogP contribution in [0.4, 0.5) is 5.13 Å². The van der Waals surface area contributed by atoms with Gasteiger partial charge in [0, 0.05) is 21.4 Å². The van der Waals surface area contributed by atoms with Gasteiger partial charge in [0.25, 0.3) is 5.78 Å². The number of rotatable bonds is 11. The number of hydrogen-bond donors (Lipinski definition) is 2. The van der Waals surface area contributed by atoms with Crippen LogP contribution >= 0.6 is 46.3 Å². The number of halogens is 2. The van der Waals surface area contributed by atoms with E-state index >= 15 is 0 Å². The van der Waals surface area contributed by atoms with Crippen molar-refractivity contribution in [3.05, 3.63) is 128 Å². The molecule has 1 amide bonds. The molecular weight excluding hydrogens is 705 g/mol. The number of aryl methyl sites for hydroxylation is 1. The van der Waals surface area contributed by atoms with Crippen LogP contribution in [-0.2, 0) is 21.9 Å². The monoisotopic (exact) mass is 733 g/mol. The molecule has 0 saturated carbocycles. The van der Waals surface area contributed by atoms with Gasteiger partial charge in [0.15, 0.2) is 15.8 Å². The first kappa shape index (κ1) is 34.3. The van der Waals surface area contributed by atoms with Crippen molar-refractivity contribution in [2.75, 3.05) is 11.5 Å². The molecule has 1 saturated heterocycles. The summed E-state index contributed by atoms with van der Waals surface area (Å²) in [4.78, 5) is 28.6. The molecule has 49 heavy (non-hydrogen) atoms. The number of aliphatic hydroxyl groups is 1. The first-order valence-electron chi connectivity index (χ1n) is 15.1. The number of thioether (sulfide) groups is 1. The summed E-state index contributed by atoms with van der Waals surface area (Å²) in [6, 6.07) is 23.2. The molecule has 0 radical (unpaired) electrons. The summed E-state index contributed by atoms with van der Waals surface area (Å²) in [6.45, 7) is 4.41. The molecule has 4 aromatic carbocycles.